The van der Waals surface area contributed by atoms with Crippen molar-refractivity contribution in [1.29, 1.82) is 0 Å². The topological polar surface area (TPSA) is 75.0 Å². The molecule has 0 saturated carbocycles. The molecular weight excluding hydrogens is 314 g/mol. The Bertz CT molecular complexity index is 827. The molecule has 0 aliphatic rings. The Balaban J connectivity index is 1.94. The smallest absolute Gasteiger partial charge is 0.134 e. The Kier molecular flexibility index (Phi) is 4.24. The zero-order valence-electron chi connectivity index (χ0n) is 13.4. The molecule has 1 aromatic carbocycles. The second kappa shape index (κ2) is 6.33. The summed E-state index contributed by atoms with van der Waals surface area (Å²) in [5.41, 5.74) is 3.49. The number of methoxy groups -OCH3 is 2. The van der Waals surface area contributed by atoms with Crippen LogP contribution >= 0.6 is 11.5 Å². The molecule has 0 saturated heterocycles. The third-order valence-corrected chi connectivity index (χ3v) is 4.45. The van der Waals surface area contributed by atoms with Crippen LogP contribution in [0.4, 0.5) is 0 Å². The van der Waals surface area contributed by atoms with Gasteiger partial charge in [0.1, 0.15) is 17.2 Å². The maximum absolute atomic E-state index is 5.53. The Morgan fingerprint density at radius 2 is 1.96 bits per heavy atom. The highest BCUT2D eigenvalue weighted by atomic mass is 32.1. The molecule has 3 aromatic rings. The number of ether oxygens (including phenoxy) is 2. The molecule has 0 spiro atoms. The summed E-state index contributed by atoms with van der Waals surface area (Å²) in [6.07, 6.45) is 1.89. The van der Waals surface area contributed by atoms with Crippen molar-refractivity contribution in [3.63, 3.8) is 0 Å². The van der Waals surface area contributed by atoms with E-state index in [0.717, 1.165) is 38.9 Å². The minimum Gasteiger partial charge on any atom is -0.496 e. The second-order valence-electron chi connectivity index (χ2n) is 5.06. The van der Waals surface area contributed by atoms with Crippen molar-refractivity contribution in [1.82, 2.24) is 24.6 Å². The third kappa shape index (κ3) is 2.89. The summed E-state index contributed by atoms with van der Waals surface area (Å²) in [7, 11) is 3.28. The normalized spacial score (nSPS) is 10.8. The van der Waals surface area contributed by atoms with Crippen molar-refractivity contribution in [2.75, 3.05) is 14.2 Å². The summed E-state index contributed by atoms with van der Waals surface area (Å²) in [5, 5.41) is 12.5. The molecule has 8 heteroatoms. The lowest BCUT2D eigenvalue weighted by molar-refractivity contribution is 0.390. The van der Waals surface area contributed by atoms with Crippen molar-refractivity contribution < 1.29 is 9.47 Å². The van der Waals surface area contributed by atoms with Crippen molar-refractivity contribution in [2.45, 2.75) is 20.4 Å². The van der Waals surface area contributed by atoms with E-state index < -0.39 is 0 Å². The summed E-state index contributed by atoms with van der Waals surface area (Å²) in [5.74, 6) is 1.52. The highest BCUT2D eigenvalue weighted by Crippen LogP contribution is 2.36. The molecule has 0 N–H and O–H groups in total. The molecule has 0 bridgehead atoms. The van der Waals surface area contributed by atoms with Crippen LogP contribution in [-0.2, 0) is 6.54 Å². The van der Waals surface area contributed by atoms with Gasteiger partial charge in [-0.1, -0.05) is 9.70 Å². The van der Waals surface area contributed by atoms with Crippen LogP contribution in [0.25, 0.3) is 11.3 Å². The number of hydrogen-bond acceptors (Lipinski definition) is 7. The zero-order valence-corrected chi connectivity index (χ0v) is 14.2. The predicted octanol–water partition coefficient (Wildman–Crippen LogP) is 2.48. The average Bonchev–Trinajstić information content (AvgIpc) is 3.17. The zero-order chi connectivity index (χ0) is 16.4. The molecule has 0 amide bonds. The van der Waals surface area contributed by atoms with Crippen molar-refractivity contribution >= 4 is 11.5 Å². The molecule has 23 heavy (non-hydrogen) atoms. The molecule has 0 aliphatic carbocycles. The quantitative estimate of drug-likeness (QED) is 0.715. The molecule has 3 rings (SSSR count). The van der Waals surface area contributed by atoms with Crippen LogP contribution in [0.3, 0.4) is 0 Å². The van der Waals surface area contributed by atoms with Crippen LogP contribution in [0.15, 0.2) is 18.3 Å². The van der Waals surface area contributed by atoms with Crippen molar-refractivity contribution in [3.05, 3.63) is 34.5 Å². The summed E-state index contributed by atoms with van der Waals surface area (Å²) < 4.78 is 16.6. The number of hydrogen-bond donors (Lipinski definition) is 0. The number of rotatable bonds is 5. The van der Waals surface area contributed by atoms with Gasteiger partial charge < -0.3 is 9.47 Å². The molecule has 120 valence electrons. The van der Waals surface area contributed by atoms with Gasteiger partial charge in [-0.05, 0) is 37.5 Å². The van der Waals surface area contributed by atoms with Crippen LogP contribution in [0.1, 0.15) is 16.1 Å². The summed E-state index contributed by atoms with van der Waals surface area (Å²) >= 11 is 1.37. The molecule has 7 nitrogen and oxygen atoms in total. The first-order valence-corrected chi connectivity index (χ1v) is 7.81. The number of nitrogens with zero attached hydrogens (tertiary/aromatic N) is 5. The van der Waals surface area contributed by atoms with Crippen molar-refractivity contribution in [3.8, 4) is 22.8 Å². The fourth-order valence-electron chi connectivity index (χ4n) is 2.40. The van der Waals surface area contributed by atoms with E-state index in [9.17, 15) is 0 Å². The van der Waals surface area contributed by atoms with Crippen molar-refractivity contribution in [2.24, 2.45) is 0 Å². The monoisotopic (exact) mass is 331 g/mol. The Morgan fingerprint density at radius 3 is 2.61 bits per heavy atom. The molecule has 0 aliphatic heterocycles. The van der Waals surface area contributed by atoms with Crippen LogP contribution in [0, 0.1) is 13.8 Å². The lowest BCUT2D eigenvalue weighted by Crippen LogP contribution is -1.99. The van der Waals surface area contributed by atoms with Gasteiger partial charge in [0.05, 0.1) is 37.5 Å². The van der Waals surface area contributed by atoms with Gasteiger partial charge in [0.15, 0.2) is 0 Å². The highest BCUT2D eigenvalue weighted by molar-refractivity contribution is 7.05. The fraction of sp³-hybridized carbons (Fsp3) is 0.333. The molecule has 0 unspecified atom stereocenters. The third-order valence-electron chi connectivity index (χ3n) is 3.65. The van der Waals surface area contributed by atoms with E-state index in [-0.39, 0.29) is 0 Å². The number of aromatic nitrogens is 5. The van der Waals surface area contributed by atoms with E-state index in [1.807, 2.05) is 32.2 Å². The average molecular weight is 331 g/mol. The molecule has 0 radical (unpaired) electrons. The van der Waals surface area contributed by atoms with Gasteiger partial charge >= 0.3 is 0 Å². The van der Waals surface area contributed by atoms with Gasteiger partial charge in [-0.25, -0.2) is 4.68 Å². The Hall–Kier alpha value is -2.48. The van der Waals surface area contributed by atoms with E-state index in [4.69, 9.17) is 9.47 Å². The first-order chi connectivity index (χ1) is 11.1. The Morgan fingerprint density at radius 1 is 1.13 bits per heavy atom. The maximum atomic E-state index is 5.53. The SMILES string of the molecule is COc1ccc(-c2cn(Cc3snnc3C)nn2)c(OC)c1C. The van der Waals surface area contributed by atoms with Gasteiger partial charge in [-0.2, -0.15) is 0 Å². The lowest BCUT2D eigenvalue weighted by Gasteiger charge is -2.12. The van der Waals surface area contributed by atoms with E-state index in [1.54, 1.807) is 18.9 Å². The molecular formula is C15H17N5O2S. The molecule has 0 fully saturated rings. The minimum atomic E-state index is 0.605. The number of aryl methyl sites for hydroxylation is 1. The van der Waals surface area contributed by atoms with Crippen LogP contribution in [0.2, 0.25) is 0 Å². The highest BCUT2D eigenvalue weighted by Gasteiger charge is 2.16. The van der Waals surface area contributed by atoms with Crippen LogP contribution in [0.5, 0.6) is 11.5 Å². The van der Waals surface area contributed by atoms with Crippen LogP contribution < -0.4 is 9.47 Å². The molecule has 2 aromatic heterocycles. The van der Waals surface area contributed by atoms with E-state index in [2.05, 4.69) is 19.9 Å². The Labute approximate surface area is 138 Å². The summed E-state index contributed by atoms with van der Waals surface area (Å²) in [6.45, 7) is 4.50. The van der Waals surface area contributed by atoms with E-state index >= 15 is 0 Å². The standard InChI is InChI=1S/C15H17N5O2S/c1-9-13(21-3)6-5-11(15(9)22-4)12-7-20(18-17-12)8-14-10(2)16-19-23-14/h5-7H,8H2,1-4H3. The molecule has 0 atom stereocenters. The van der Waals surface area contributed by atoms with E-state index in [1.165, 1.54) is 11.5 Å². The van der Waals surface area contributed by atoms with Gasteiger partial charge in [-0.3, -0.25) is 0 Å². The predicted molar refractivity (Wildman–Crippen MR) is 87.0 cm³/mol. The van der Waals surface area contributed by atoms with Gasteiger partial charge in [0, 0.05) is 11.1 Å². The summed E-state index contributed by atoms with van der Waals surface area (Å²) in [4.78, 5) is 1.07. The summed E-state index contributed by atoms with van der Waals surface area (Å²) in [6, 6.07) is 3.84. The minimum absolute atomic E-state index is 0.605. The fourth-order valence-corrected chi connectivity index (χ4v) is 3.03. The first-order valence-electron chi connectivity index (χ1n) is 7.04. The number of benzene rings is 1. The molecule has 2 heterocycles. The largest absolute Gasteiger partial charge is 0.496 e. The maximum Gasteiger partial charge on any atom is 0.134 e. The lowest BCUT2D eigenvalue weighted by atomic mass is 10.1. The van der Waals surface area contributed by atoms with Gasteiger partial charge in [-0.15, -0.1) is 10.2 Å². The first kappa shape index (κ1) is 15.4. The second-order valence-corrected chi connectivity index (χ2v) is 5.90. The van der Waals surface area contributed by atoms with Crippen LogP contribution in [-0.4, -0.2) is 38.8 Å². The van der Waals surface area contributed by atoms with E-state index in [0.29, 0.717) is 6.54 Å². The van der Waals surface area contributed by atoms with Gasteiger partial charge in [0.2, 0.25) is 0 Å². The van der Waals surface area contributed by atoms with Gasteiger partial charge in [0.25, 0.3) is 0 Å².